The summed E-state index contributed by atoms with van der Waals surface area (Å²) in [6.45, 7) is -2.94. The maximum Gasteiger partial charge on any atom is 0.315 e. The van der Waals surface area contributed by atoms with Crippen molar-refractivity contribution in [2.45, 2.75) is 6.55 Å². The van der Waals surface area contributed by atoms with Gasteiger partial charge in [-0.15, -0.1) is 17.0 Å². The molecule has 0 aromatic carbocycles. The predicted molar refractivity (Wildman–Crippen MR) is 41.4 cm³/mol. The molecule has 0 amide bonds. The Morgan fingerprint density at radius 2 is 2.09 bits per heavy atom. The molecule has 1 aliphatic rings. The third-order valence-electron chi connectivity index (χ3n) is 1.14. The normalized spacial score (nSPS) is 16.4. The molecule has 0 aromatic heterocycles. The van der Waals surface area contributed by atoms with Crippen molar-refractivity contribution in [3.05, 3.63) is 24.2 Å². The molecular weight excluding hydrogens is 223 g/mol. The third-order valence-corrected chi connectivity index (χ3v) is 1.14. The summed E-state index contributed by atoms with van der Waals surface area (Å²) in [4.78, 5) is 0.620. The highest BCUT2D eigenvalue weighted by atomic mass is 79.9. The SMILES string of the molecule is Br.FC1=CC=CN(C(F)F)C1. The van der Waals surface area contributed by atoms with Crippen LogP contribution in [-0.4, -0.2) is 18.0 Å². The van der Waals surface area contributed by atoms with Crippen molar-refractivity contribution in [3.8, 4) is 0 Å². The molecule has 1 aliphatic heterocycles. The second kappa shape index (κ2) is 4.43. The van der Waals surface area contributed by atoms with Crippen LogP contribution >= 0.6 is 17.0 Å². The van der Waals surface area contributed by atoms with E-state index in [2.05, 4.69) is 0 Å². The fourth-order valence-electron chi connectivity index (χ4n) is 0.672. The van der Waals surface area contributed by atoms with E-state index in [0.29, 0.717) is 4.90 Å². The van der Waals surface area contributed by atoms with Gasteiger partial charge in [0.1, 0.15) is 5.83 Å². The lowest BCUT2D eigenvalue weighted by Crippen LogP contribution is -2.26. The summed E-state index contributed by atoms with van der Waals surface area (Å²) in [5.74, 6) is -0.539. The number of alkyl halides is 2. The number of hydrogen-bond acceptors (Lipinski definition) is 1. The molecule has 0 fully saturated rings. The maximum atomic E-state index is 12.2. The largest absolute Gasteiger partial charge is 0.316 e. The van der Waals surface area contributed by atoms with Gasteiger partial charge < -0.3 is 4.90 Å². The van der Waals surface area contributed by atoms with E-state index >= 15 is 0 Å². The topological polar surface area (TPSA) is 3.24 Å². The molecule has 0 bridgehead atoms. The van der Waals surface area contributed by atoms with Gasteiger partial charge in [0.25, 0.3) is 0 Å². The summed E-state index contributed by atoms with van der Waals surface area (Å²) in [7, 11) is 0. The summed E-state index contributed by atoms with van der Waals surface area (Å²) < 4.78 is 35.8. The van der Waals surface area contributed by atoms with Crippen LogP contribution < -0.4 is 0 Å². The number of hydrogen-bond donors (Lipinski definition) is 0. The van der Waals surface area contributed by atoms with Crippen molar-refractivity contribution in [3.63, 3.8) is 0 Å². The zero-order chi connectivity index (χ0) is 7.56. The average molecular weight is 230 g/mol. The number of nitrogens with zero attached hydrogens (tertiary/aromatic N) is 1. The Hall–Kier alpha value is -0.450. The van der Waals surface area contributed by atoms with Crippen LogP contribution in [0.3, 0.4) is 0 Å². The molecule has 0 radical (unpaired) electrons. The van der Waals surface area contributed by atoms with Crippen LogP contribution in [0.2, 0.25) is 0 Å². The van der Waals surface area contributed by atoms with E-state index in [1.807, 2.05) is 0 Å². The molecule has 1 rings (SSSR count). The van der Waals surface area contributed by atoms with E-state index in [4.69, 9.17) is 0 Å². The summed E-state index contributed by atoms with van der Waals surface area (Å²) in [6.07, 6.45) is 3.58. The summed E-state index contributed by atoms with van der Waals surface area (Å²) in [5, 5.41) is 0. The zero-order valence-corrected chi connectivity index (χ0v) is 7.22. The molecule has 1 nitrogen and oxygen atoms in total. The first kappa shape index (κ1) is 10.6. The molecule has 64 valence electrons. The zero-order valence-electron chi connectivity index (χ0n) is 5.51. The first-order valence-electron chi connectivity index (χ1n) is 2.77. The highest BCUT2D eigenvalue weighted by Gasteiger charge is 2.14. The van der Waals surface area contributed by atoms with E-state index in [-0.39, 0.29) is 23.5 Å². The van der Waals surface area contributed by atoms with Gasteiger partial charge in [0.05, 0.1) is 6.54 Å². The molecule has 0 unspecified atom stereocenters. The molecule has 5 heteroatoms. The van der Waals surface area contributed by atoms with Crippen LogP contribution in [0.25, 0.3) is 0 Å². The quantitative estimate of drug-likeness (QED) is 0.625. The van der Waals surface area contributed by atoms with Crippen LogP contribution in [0.4, 0.5) is 13.2 Å². The molecule has 0 atom stereocenters. The van der Waals surface area contributed by atoms with Crippen molar-refractivity contribution in [1.82, 2.24) is 4.90 Å². The molecule has 0 saturated heterocycles. The molecule has 0 saturated carbocycles. The van der Waals surface area contributed by atoms with Crippen LogP contribution in [0.1, 0.15) is 0 Å². The third kappa shape index (κ3) is 2.96. The van der Waals surface area contributed by atoms with Crippen LogP contribution in [0.5, 0.6) is 0 Å². The average Bonchev–Trinajstić information content (AvgIpc) is 1.88. The van der Waals surface area contributed by atoms with E-state index in [1.54, 1.807) is 0 Å². The standard InChI is InChI=1S/C6H6F3N.BrH/c7-5-2-1-3-10(4-5)6(8)9;/h1-3,6H,4H2;1H. The second-order valence-corrected chi connectivity index (χ2v) is 1.91. The number of allylic oxidation sites excluding steroid dienone is 2. The van der Waals surface area contributed by atoms with Crippen molar-refractivity contribution in [2.75, 3.05) is 6.54 Å². The first-order chi connectivity index (χ1) is 4.70. The Morgan fingerprint density at radius 1 is 1.45 bits per heavy atom. The monoisotopic (exact) mass is 229 g/mol. The summed E-state index contributed by atoms with van der Waals surface area (Å²) in [5.41, 5.74) is 0. The lowest BCUT2D eigenvalue weighted by Gasteiger charge is -2.19. The summed E-state index contributed by atoms with van der Waals surface area (Å²) >= 11 is 0. The van der Waals surface area contributed by atoms with E-state index in [0.717, 1.165) is 6.20 Å². The first-order valence-corrected chi connectivity index (χ1v) is 2.77. The van der Waals surface area contributed by atoms with Gasteiger partial charge in [-0.05, 0) is 12.2 Å². The molecule has 11 heavy (non-hydrogen) atoms. The van der Waals surface area contributed by atoms with Gasteiger partial charge in [-0.3, -0.25) is 0 Å². The Bertz CT molecular complexity index is 179. The number of halogens is 4. The van der Waals surface area contributed by atoms with Crippen LogP contribution in [-0.2, 0) is 0 Å². The Labute approximate surface area is 72.9 Å². The van der Waals surface area contributed by atoms with Crippen LogP contribution in [0, 0.1) is 0 Å². The van der Waals surface area contributed by atoms with E-state index in [1.165, 1.54) is 12.2 Å². The second-order valence-electron chi connectivity index (χ2n) is 1.91. The smallest absolute Gasteiger partial charge is 0.315 e. The van der Waals surface area contributed by atoms with Gasteiger partial charge in [-0.1, -0.05) is 0 Å². The highest BCUT2D eigenvalue weighted by Crippen LogP contribution is 2.12. The van der Waals surface area contributed by atoms with Gasteiger partial charge in [-0.25, -0.2) is 4.39 Å². The molecular formula is C6H7BrF3N. The fraction of sp³-hybridized carbons (Fsp3) is 0.333. The lowest BCUT2D eigenvalue weighted by molar-refractivity contribution is 0.00791. The van der Waals surface area contributed by atoms with Gasteiger partial charge in [0.15, 0.2) is 0 Å². The Kier molecular flexibility index (Phi) is 4.25. The van der Waals surface area contributed by atoms with Crippen molar-refractivity contribution >= 4 is 17.0 Å². The van der Waals surface area contributed by atoms with E-state index < -0.39 is 12.4 Å². The Balaban J connectivity index is 0.000001000. The Morgan fingerprint density at radius 3 is 2.45 bits per heavy atom. The molecule has 0 aromatic rings. The number of rotatable bonds is 1. The molecule has 0 N–H and O–H groups in total. The minimum Gasteiger partial charge on any atom is -0.316 e. The lowest BCUT2D eigenvalue weighted by atomic mass is 10.3. The maximum absolute atomic E-state index is 12.2. The predicted octanol–water partition coefficient (Wildman–Crippen LogP) is 2.47. The van der Waals surface area contributed by atoms with Crippen molar-refractivity contribution in [1.29, 1.82) is 0 Å². The van der Waals surface area contributed by atoms with E-state index in [9.17, 15) is 13.2 Å². The highest BCUT2D eigenvalue weighted by molar-refractivity contribution is 8.93. The van der Waals surface area contributed by atoms with Crippen molar-refractivity contribution < 1.29 is 13.2 Å². The minimum atomic E-state index is -2.62. The van der Waals surface area contributed by atoms with Gasteiger partial charge in [0, 0.05) is 6.20 Å². The molecule has 0 spiro atoms. The fourth-order valence-corrected chi connectivity index (χ4v) is 0.672. The molecule has 1 heterocycles. The minimum absolute atomic E-state index is 0. The van der Waals surface area contributed by atoms with Crippen LogP contribution in [0.15, 0.2) is 24.2 Å². The van der Waals surface area contributed by atoms with Gasteiger partial charge >= 0.3 is 6.55 Å². The summed E-state index contributed by atoms with van der Waals surface area (Å²) in [6, 6.07) is 0. The van der Waals surface area contributed by atoms with Gasteiger partial charge in [-0.2, -0.15) is 8.78 Å². The van der Waals surface area contributed by atoms with Crippen molar-refractivity contribution in [2.24, 2.45) is 0 Å². The molecule has 0 aliphatic carbocycles. The van der Waals surface area contributed by atoms with Gasteiger partial charge in [0.2, 0.25) is 0 Å².